The maximum atomic E-state index is 12.6. The molecule has 0 heterocycles. The minimum Gasteiger partial charge on any atom is -0.481 e. The number of methoxy groups -OCH3 is 1. The van der Waals surface area contributed by atoms with E-state index < -0.39 is 11.4 Å². The summed E-state index contributed by atoms with van der Waals surface area (Å²) in [5.41, 5.74) is -1.21. The molecular formula is C16H29NO4. The van der Waals surface area contributed by atoms with Gasteiger partial charge in [0.25, 0.3) is 0 Å². The van der Waals surface area contributed by atoms with E-state index >= 15 is 0 Å². The Morgan fingerprint density at radius 1 is 1.24 bits per heavy atom. The molecule has 1 fully saturated rings. The van der Waals surface area contributed by atoms with Crippen LogP contribution in [0.5, 0.6) is 0 Å². The summed E-state index contributed by atoms with van der Waals surface area (Å²) in [6.45, 7) is 4.50. The fourth-order valence-electron chi connectivity index (χ4n) is 3.25. The van der Waals surface area contributed by atoms with Crippen LogP contribution in [0, 0.1) is 10.8 Å². The highest BCUT2D eigenvalue weighted by Gasteiger charge is 2.42. The van der Waals surface area contributed by atoms with Crippen LogP contribution < -0.4 is 5.32 Å². The van der Waals surface area contributed by atoms with E-state index in [-0.39, 0.29) is 17.9 Å². The van der Waals surface area contributed by atoms with E-state index in [1.807, 2.05) is 13.8 Å². The Balaban J connectivity index is 2.71. The Kier molecular flexibility index (Phi) is 6.65. The van der Waals surface area contributed by atoms with Gasteiger partial charge in [0, 0.05) is 20.3 Å². The van der Waals surface area contributed by atoms with Crippen LogP contribution in [0.1, 0.15) is 58.8 Å². The van der Waals surface area contributed by atoms with Crippen molar-refractivity contribution < 1.29 is 19.4 Å². The largest absolute Gasteiger partial charge is 0.481 e. The molecule has 1 amide bonds. The Hall–Kier alpha value is -1.10. The molecule has 0 saturated heterocycles. The fraction of sp³-hybridized carbons (Fsp3) is 0.875. The van der Waals surface area contributed by atoms with Crippen molar-refractivity contribution in [3.63, 3.8) is 0 Å². The van der Waals surface area contributed by atoms with Crippen LogP contribution in [-0.2, 0) is 14.3 Å². The van der Waals surface area contributed by atoms with Gasteiger partial charge in [-0.2, -0.15) is 0 Å². The Morgan fingerprint density at radius 3 is 2.24 bits per heavy atom. The van der Waals surface area contributed by atoms with E-state index in [0.29, 0.717) is 25.9 Å². The molecule has 0 radical (unpaired) electrons. The number of rotatable bonds is 9. The van der Waals surface area contributed by atoms with Crippen molar-refractivity contribution in [1.29, 1.82) is 0 Å². The van der Waals surface area contributed by atoms with E-state index in [1.165, 1.54) is 0 Å². The topological polar surface area (TPSA) is 75.6 Å². The molecule has 0 aliphatic heterocycles. The van der Waals surface area contributed by atoms with Crippen LogP contribution >= 0.6 is 0 Å². The van der Waals surface area contributed by atoms with Crippen LogP contribution in [0.2, 0.25) is 0 Å². The normalized spacial score (nSPS) is 17.7. The third kappa shape index (κ3) is 3.96. The van der Waals surface area contributed by atoms with E-state index in [1.54, 1.807) is 7.11 Å². The maximum Gasteiger partial charge on any atom is 0.311 e. The SMILES string of the molecule is CCC(CC)(CNC(=O)C1(CCOC)CCCC1)C(=O)O. The summed E-state index contributed by atoms with van der Waals surface area (Å²) in [6, 6.07) is 0. The van der Waals surface area contributed by atoms with Crippen molar-refractivity contribution in [2.45, 2.75) is 58.8 Å². The molecule has 0 aromatic carbocycles. The highest BCUT2D eigenvalue weighted by atomic mass is 16.5. The van der Waals surface area contributed by atoms with Gasteiger partial charge in [0.1, 0.15) is 0 Å². The third-order valence-electron chi connectivity index (χ3n) is 5.22. The van der Waals surface area contributed by atoms with E-state index in [2.05, 4.69) is 5.32 Å². The summed E-state index contributed by atoms with van der Waals surface area (Å²) in [6.07, 6.45) is 5.62. The molecule has 0 unspecified atom stereocenters. The molecule has 0 atom stereocenters. The molecule has 0 aromatic heterocycles. The predicted molar refractivity (Wildman–Crippen MR) is 81.1 cm³/mol. The van der Waals surface area contributed by atoms with Gasteiger partial charge in [0.05, 0.1) is 10.8 Å². The molecule has 1 saturated carbocycles. The van der Waals surface area contributed by atoms with Crippen molar-refractivity contribution in [3.05, 3.63) is 0 Å². The van der Waals surface area contributed by atoms with Gasteiger partial charge in [-0.15, -0.1) is 0 Å². The van der Waals surface area contributed by atoms with E-state index in [0.717, 1.165) is 25.7 Å². The summed E-state index contributed by atoms with van der Waals surface area (Å²) in [5, 5.41) is 12.4. The minimum atomic E-state index is -0.850. The second-order valence-corrected chi connectivity index (χ2v) is 6.21. The van der Waals surface area contributed by atoms with Crippen LogP contribution in [0.3, 0.4) is 0 Å². The highest BCUT2D eigenvalue weighted by molar-refractivity contribution is 5.84. The molecule has 21 heavy (non-hydrogen) atoms. The molecule has 122 valence electrons. The molecule has 0 spiro atoms. The lowest BCUT2D eigenvalue weighted by Crippen LogP contribution is -2.47. The lowest BCUT2D eigenvalue weighted by molar-refractivity contribution is -0.149. The number of nitrogens with one attached hydrogen (secondary N) is 1. The van der Waals surface area contributed by atoms with Gasteiger partial charge in [-0.25, -0.2) is 0 Å². The first kappa shape index (κ1) is 18.0. The van der Waals surface area contributed by atoms with Gasteiger partial charge in [0.15, 0.2) is 0 Å². The lowest BCUT2D eigenvalue weighted by Gasteiger charge is -2.31. The zero-order valence-electron chi connectivity index (χ0n) is 13.5. The molecule has 1 aliphatic carbocycles. The summed E-state index contributed by atoms with van der Waals surface area (Å²) in [4.78, 5) is 24.1. The number of carbonyl (C=O) groups is 2. The van der Waals surface area contributed by atoms with Crippen molar-refractivity contribution in [3.8, 4) is 0 Å². The number of carbonyl (C=O) groups excluding carboxylic acids is 1. The summed E-state index contributed by atoms with van der Waals surface area (Å²) in [5.74, 6) is -0.824. The third-order valence-corrected chi connectivity index (χ3v) is 5.22. The van der Waals surface area contributed by atoms with E-state index in [4.69, 9.17) is 4.74 Å². The van der Waals surface area contributed by atoms with Gasteiger partial charge in [-0.05, 0) is 32.1 Å². The number of ether oxygens (including phenoxy) is 1. The van der Waals surface area contributed by atoms with Crippen molar-refractivity contribution >= 4 is 11.9 Å². The Labute approximate surface area is 127 Å². The highest BCUT2D eigenvalue weighted by Crippen LogP contribution is 2.41. The Morgan fingerprint density at radius 2 is 1.81 bits per heavy atom. The summed E-state index contributed by atoms with van der Waals surface area (Å²) in [7, 11) is 1.64. The van der Waals surface area contributed by atoms with E-state index in [9.17, 15) is 14.7 Å². The average molecular weight is 299 g/mol. The molecule has 5 heteroatoms. The second kappa shape index (κ2) is 7.78. The number of hydrogen-bond donors (Lipinski definition) is 2. The minimum absolute atomic E-state index is 0.00424. The van der Waals surface area contributed by atoms with Gasteiger partial charge in [-0.1, -0.05) is 26.7 Å². The van der Waals surface area contributed by atoms with Crippen molar-refractivity contribution in [2.24, 2.45) is 10.8 Å². The summed E-state index contributed by atoms with van der Waals surface area (Å²) < 4.78 is 5.13. The Bertz CT molecular complexity index is 357. The van der Waals surface area contributed by atoms with Crippen molar-refractivity contribution in [1.82, 2.24) is 5.32 Å². The van der Waals surface area contributed by atoms with Crippen LogP contribution in [0.4, 0.5) is 0 Å². The van der Waals surface area contributed by atoms with Gasteiger partial charge in [-0.3, -0.25) is 9.59 Å². The maximum absolute atomic E-state index is 12.6. The number of carboxylic acid groups (broad SMARTS) is 1. The van der Waals surface area contributed by atoms with Gasteiger partial charge in [0.2, 0.25) is 5.91 Å². The van der Waals surface area contributed by atoms with Gasteiger partial charge < -0.3 is 15.2 Å². The van der Waals surface area contributed by atoms with Crippen LogP contribution in [0.25, 0.3) is 0 Å². The molecule has 2 N–H and O–H groups in total. The quantitative estimate of drug-likeness (QED) is 0.686. The fourth-order valence-corrected chi connectivity index (χ4v) is 3.25. The number of aliphatic carboxylic acids is 1. The average Bonchev–Trinajstić information content (AvgIpc) is 2.96. The molecule has 5 nitrogen and oxygen atoms in total. The number of amides is 1. The van der Waals surface area contributed by atoms with Crippen LogP contribution in [0.15, 0.2) is 0 Å². The first-order valence-electron chi connectivity index (χ1n) is 7.97. The molecular weight excluding hydrogens is 270 g/mol. The monoisotopic (exact) mass is 299 g/mol. The standard InChI is InChI=1S/C16H29NO4/c1-4-15(5-2,14(19)20)12-17-13(18)16(10-11-21-3)8-6-7-9-16/h4-12H2,1-3H3,(H,17,18)(H,19,20). The molecule has 0 bridgehead atoms. The molecule has 0 aromatic rings. The molecule has 1 aliphatic rings. The smallest absolute Gasteiger partial charge is 0.311 e. The summed E-state index contributed by atoms with van der Waals surface area (Å²) >= 11 is 0. The second-order valence-electron chi connectivity index (χ2n) is 6.21. The van der Waals surface area contributed by atoms with Crippen LogP contribution in [-0.4, -0.2) is 37.2 Å². The first-order valence-corrected chi connectivity index (χ1v) is 7.97. The zero-order chi connectivity index (χ0) is 15.9. The van der Waals surface area contributed by atoms with Gasteiger partial charge >= 0.3 is 5.97 Å². The first-order chi connectivity index (χ1) is 9.96. The molecule has 1 rings (SSSR count). The zero-order valence-corrected chi connectivity index (χ0v) is 13.5. The predicted octanol–water partition coefficient (Wildman–Crippen LogP) is 2.59. The lowest BCUT2D eigenvalue weighted by atomic mass is 9.79. The number of hydrogen-bond acceptors (Lipinski definition) is 3. The number of carboxylic acids is 1. The van der Waals surface area contributed by atoms with Crippen molar-refractivity contribution in [2.75, 3.05) is 20.3 Å².